The molecular formula is C21H20N4O4. The number of fused-ring (bicyclic) bond motifs is 1. The van der Waals surface area contributed by atoms with Gasteiger partial charge in [-0.2, -0.15) is 0 Å². The van der Waals surface area contributed by atoms with Crippen LogP contribution >= 0.6 is 0 Å². The maximum atomic E-state index is 13.0. The van der Waals surface area contributed by atoms with Crippen molar-refractivity contribution in [1.82, 2.24) is 15.5 Å². The summed E-state index contributed by atoms with van der Waals surface area (Å²) in [6.45, 7) is 1.97. The molecule has 0 radical (unpaired) electrons. The highest BCUT2D eigenvalue weighted by Gasteiger charge is 2.26. The first-order valence-corrected chi connectivity index (χ1v) is 9.62. The van der Waals surface area contributed by atoms with E-state index in [4.69, 9.17) is 13.9 Å². The van der Waals surface area contributed by atoms with Gasteiger partial charge in [0, 0.05) is 18.7 Å². The number of ether oxygens (including phenoxy) is 2. The summed E-state index contributed by atoms with van der Waals surface area (Å²) in [7, 11) is 0. The Balaban J connectivity index is 1.43. The Hall–Kier alpha value is -3.55. The highest BCUT2D eigenvalue weighted by molar-refractivity contribution is 5.95. The molecule has 1 fully saturated rings. The number of anilines is 1. The van der Waals surface area contributed by atoms with E-state index < -0.39 is 6.04 Å². The molecule has 1 atom stereocenters. The molecule has 5 rings (SSSR count). The van der Waals surface area contributed by atoms with Crippen molar-refractivity contribution in [2.45, 2.75) is 18.9 Å². The van der Waals surface area contributed by atoms with Crippen LogP contribution in [-0.4, -0.2) is 36.0 Å². The summed E-state index contributed by atoms with van der Waals surface area (Å²) in [5.74, 6) is 1.28. The molecule has 0 saturated carbocycles. The highest BCUT2D eigenvalue weighted by atomic mass is 16.7. The molecule has 0 bridgehead atoms. The number of carbonyl (C=O) groups excluding carboxylic acids is 1. The fourth-order valence-electron chi connectivity index (χ4n) is 3.56. The normalized spacial score (nSPS) is 16.1. The minimum atomic E-state index is -0.557. The van der Waals surface area contributed by atoms with Crippen LogP contribution in [0.1, 0.15) is 40.7 Å². The summed E-state index contributed by atoms with van der Waals surface area (Å²) >= 11 is 0. The standard InChI is InChI=1S/C21H20N4O4/c26-19(15-8-9-16-17(12-15)28-13-27-16)22-18(14-6-2-1-3-7-14)20-23-24-21(29-20)25-10-4-5-11-25/h1-3,6-9,12,18H,4-5,10-11,13H2,(H,22,26)/t18-/m1/s1. The quantitative estimate of drug-likeness (QED) is 0.714. The molecule has 0 aliphatic carbocycles. The smallest absolute Gasteiger partial charge is 0.318 e. The summed E-state index contributed by atoms with van der Waals surface area (Å²) < 4.78 is 16.6. The Bertz CT molecular complexity index is 1010. The zero-order valence-electron chi connectivity index (χ0n) is 15.7. The van der Waals surface area contributed by atoms with Crippen LogP contribution in [0.5, 0.6) is 11.5 Å². The number of nitrogens with one attached hydrogen (secondary N) is 1. The van der Waals surface area contributed by atoms with Crippen molar-refractivity contribution in [3.63, 3.8) is 0 Å². The molecule has 1 aromatic heterocycles. The topological polar surface area (TPSA) is 89.7 Å². The van der Waals surface area contributed by atoms with E-state index in [1.165, 1.54) is 0 Å². The Morgan fingerprint density at radius 2 is 1.79 bits per heavy atom. The van der Waals surface area contributed by atoms with E-state index in [1.54, 1.807) is 18.2 Å². The zero-order valence-corrected chi connectivity index (χ0v) is 15.7. The average Bonchev–Trinajstić information content (AvgIpc) is 3.53. The number of nitrogens with zero attached hydrogens (tertiary/aromatic N) is 3. The van der Waals surface area contributed by atoms with E-state index in [0.29, 0.717) is 29.0 Å². The first kappa shape index (κ1) is 17.5. The molecule has 0 spiro atoms. The van der Waals surface area contributed by atoms with Crippen LogP contribution in [0.15, 0.2) is 52.9 Å². The van der Waals surface area contributed by atoms with Gasteiger partial charge in [-0.05, 0) is 36.6 Å². The predicted molar refractivity (Wildman–Crippen MR) is 104 cm³/mol. The molecule has 1 saturated heterocycles. The van der Waals surface area contributed by atoms with Gasteiger partial charge in [0.15, 0.2) is 11.5 Å². The predicted octanol–water partition coefficient (Wildman–Crippen LogP) is 2.92. The van der Waals surface area contributed by atoms with Gasteiger partial charge in [-0.15, -0.1) is 5.10 Å². The maximum absolute atomic E-state index is 13.0. The van der Waals surface area contributed by atoms with Gasteiger partial charge in [-0.3, -0.25) is 4.79 Å². The van der Waals surface area contributed by atoms with Gasteiger partial charge in [-0.1, -0.05) is 35.4 Å². The number of hydrogen-bond donors (Lipinski definition) is 1. The number of hydrogen-bond acceptors (Lipinski definition) is 7. The lowest BCUT2D eigenvalue weighted by Gasteiger charge is -2.16. The second-order valence-electron chi connectivity index (χ2n) is 7.00. The van der Waals surface area contributed by atoms with Crippen LogP contribution in [0.4, 0.5) is 6.01 Å². The summed E-state index contributed by atoms with van der Waals surface area (Å²) in [4.78, 5) is 15.0. The third kappa shape index (κ3) is 3.49. The Morgan fingerprint density at radius 1 is 1.00 bits per heavy atom. The van der Waals surface area contributed by atoms with E-state index in [-0.39, 0.29) is 12.7 Å². The summed E-state index contributed by atoms with van der Waals surface area (Å²) in [5.41, 5.74) is 1.33. The zero-order chi connectivity index (χ0) is 19.6. The van der Waals surface area contributed by atoms with E-state index in [2.05, 4.69) is 20.4 Å². The van der Waals surface area contributed by atoms with E-state index >= 15 is 0 Å². The van der Waals surface area contributed by atoms with Crippen molar-refractivity contribution >= 4 is 11.9 Å². The minimum absolute atomic E-state index is 0.161. The summed E-state index contributed by atoms with van der Waals surface area (Å²) in [6.07, 6.45) is 2.22. The lowest BCUT2D eigenvalue weighted by molar-refractivity contribution is 0.0937. The molecule has 3 heterocycles. The lowest BCUT2D eigenvalue weighted by Crippen LogP contribution is -2.29. The van der Waals surface area contributed by atoms with Crippen molar-refractivity contribution in [3.8, 4) is 11.5 Å². The van der Waals surface area contributed by atoms with Crippen molar-refractivity contribution < 1.29 is 18.7 Å². The van der Waals surface area contributed by atoms with Gasteiger partial charge < -0.3 is 24.1 Å². The van der Waals surface area contributed by atoms with E-state index in [9.17, 15) is 4.79 Å². The molecule has 1 N–H and O–H groups in total. The van der Waals surface area contributed by atoms with Gasteiger partial charge in [0.25, 0.3) is 5.91 Å². The van der Waals surface area contributed by atoms with Gasteiger partial charge in [0.1, 0.15) is 6.04 Å². The molecule has 8 nitrogen and oxygen atoms in total. The number of rotatable bonds is 5. The molecule has 2 aromatic carbocycles. The Kier molecular flexibility index (Phi) is 4.51. The lowest BCUT2D eigenvalue weighted by atomic mass is 10.1. The number of aromatic nitrogens is 2. The van der Waals surface area contributed by atoms with Crippen LogP contribution < -0.4 is 19.7 Å². The van der Waals surface area contributed by atoms with E-state index in [1.807, 2.05) is 30.3 Å². The van der Waals surface area contributed by atoms with Crippen molar-refractivity contribution in [1.29, 1.82) is 0 Å². The fraction of sp³-hybridized carbons (Fsp3) is 0.286. The Labute approximate surface area is 167 Å². The van der Waals surface area contributed by atoms with Gasteiger partial charge in [-0.25, -0.2) is 0 Å². The maximum Gasteiger partial charge on any atom is 0.318 e. The van der Waals surface area contributed by atoms with Crippen LogP contribution in [0.3, 0.4) is 0 Å². The summed E-state index contributed by atoms with van der Waals surface area (Å²) in [6, 6.07) is 14.6. The molecule has 148 valence electrons. The molecule has 2 aliphatic heterocycles. The molecule has 3 aromatic rings. The van der Waals surface area contributed by atoms with E-state index in [0.717, 1.165) is 31.5 Å². The number of amides is 1. The monoisotopic (exact) mass is 392 g/mol. The third-order valence-corrected chi connectivity index (χ3v) is 5.10. The molecule has 8 heteroatoms. The SMILES string of the molecule is O=C(N[C@H](c1ccccc1)c1nnc(N2CCCC2)o1)c1ccc2c(c1)OCO2. The molecule has 29 heavy (non-hydrogen) atoms. The third-order valence-electron chi connectivity index (χ3n) is 5.10. The molecule has 2 aliphatic rings. The number of benzene rings is 2. The van der Waals surface area contributed by atoms with Gasteiger partial charge in [0.05, 0.1) is 0 Å². The van der Waals surface area contributed by atoms with Gasteiger partial charge >= 0.3 is 6.01 Å². The largest absolute Gasteiger partial charge is 0.454 e. The minimum Gasteiger partial charge on any atom is -0.454 e. The van der Waals surface area contributed by atoms with Crippen molar-refractivity contribution in [2.75, 3.05) is 24.8 Å². The van der Waals surface area contributed by atoms with Gasteiger partial charge in [0.2, 0.25) is 12.7 Å². The van der Waals surface area contributed by atoms with Crippen LogP contribution in [-0.2, 0) is 0 Å². The Morgan fingerprint density at radius 3 is 2.62 bits per heavy atom. The molecule has 0 unspecified atom stereocenters. The second-order valence-corrected chi connectivity index (χ2v) is 7.00. The summed E-state index contributed by atoms with van der Waals surface area (Å²) in [5, 5.41) is 11.4. The van der Waals surface area contributed by atoms with Crippen LogP contribution in [0.25, 0.3) is 0 Å². The van der Waals surface area contributed by atoms with Crippen molar-refractivity contribution in [3.05, 3.63) is 65.5 Å². The molecule has 1 amide bonds. The number of carbonyl (C=O) groups is 1. The average molecular weight is 392 g/mol. The fourth-order valence-corrected chi connectivity index (χ4v) is 3.56. The van der Waals surface area contributed by atoms with Crippen molar-refractivity contribution in [2.24, 2.45) is 0 Å². The molecular weight excluding hydrogens is 372 g/mol. The first-order valence-electron chi connectivity index (χ1n) is 9.62. The second kappa shape index (κ2) is 7.46. The van der Waals surface area contributed by atoms with Crippen LogP contribution in [0, 0.1) is 0 Å². The highest BCUT2D eigenvalue weighted by Crippen LogP contribution is 2.33. The van der Waals surface area contributed by atoms with Crippen LogP contribution in [0.2, 0.25) is 0 Å². The first-order chi connectivity index (χ1) is 14.3.